The van der Waals surface area contributed by atoms with Gasteiger partial charge in [-0.05, 0) is 41.9 Å². The summed E-state index contributed by atoms with van der Waals surface area (Å²) in [5, 5.41) is 12.7. The van der Waals surface area contributed by atoms with Crippen molar-refractivity contribution >= 4 is 30.4 Å². The molecule has 1 unspecified atom stereocenters. The molecule has 0 aliphatic carbocycles. The molecule has 156 valence electrons. The van der Waals surface area contributed by atoms with Crippen molar-refractivity contribution < 1.29 is 28.8 Å². The average molecular weight is 402 g/mol. The van der Waals surface area contributed by atoms with Crippen LogP contribution in [0.25, 0.3) is 0 Å². The highest BCUT2D eigenvalue weighted by Gasteiger charge is 2.32. The SMILES string of the molecule is Cc1c(C(=O)NC(C(=O)OCCN2CCCC2=O)C(C)C)ccc2c1B(O)OC2. The molecule has 2 N–H and O–H groups in total. The Hall–Kier alpha value is -2.39. The number of carbonyl (C=O) groups excluding carboxylic acids is 3. The van der Waals surface area contributed by atoms with E-state index in [1.807, 2.05) is 13.8 Å². The van der Waals surface area contributed by atoms with E-state index in [9.17, 15) is 19.4 Å². The Bertz CT molecular complexity index is 812. The minimum absolute atomic E-state index is 0.0769. The molecule has 0 spiro atoms. The van der Waals surface area contributed by atoms with E-state index in [1.54, 1.807) is 24.0 Å². The standard InChI is InChI=1S/C20H27BN2O6/c1-12(2)18(20(26)28-10-9-23-8-4-5-16(23)24)22-19(25)15-7-6-14-11-29-21(27)17(14)13(15)3/h6-7,12,18,27H,4-5,8-11H2,1-3H3,(H,22,25). The Balaban J connectivity index is 1.62. The van der Waals surface area contributed by atoms with Gasteiger partial charge in [0.05, 0.1) is 13.2 Å². The van der Waals surface area contributed by atoms with Gasteiger partial charge in [-0.1, -0.05) is 19.9 Å². The number of carbonyl (C=O) groups is 3. The highest BCUT2D eigenvalue weighted by Crippen LogP contribution is 2.17. The lowest BCUT2D eigenvalue weighted by molar-refractivity contribution is -0.148. The molecule has 2 aliphatic heterocycles. The maximum Gasteiger partial charge on any atom is 0.492 e. The third kappa shape index (κ3) is 4.62. The van der Waals surface area contributed by atoms with Gasteiger partial charge in [0.1, 0.15) is 12.6 Å². The summed E-state index contributed by atoms with van der Waals surface area (Å²) >= 11 is 0. The van der Waals surface area contributed by atoms with Crippen LogP contribution < -0.4 is 10.8 Å². The van der Waals surface area contributed by atoms with E-state index in [4.69, 9.17) is 9.39 Å². The van der Waals surface area contributed by atoms with Gasteiger partial charge in [-0.2, -0.15) is 0 Å². The first-order chi connectivity index (χ1) is 13.8. The number of benzene rings is 1. The fourth-order valence-corrected chi connectivity index (χ4v) is 3.76. The topological polar surface area (TPSA) is 105 Å². The highest BCUT2D eigenvalue weighted by molar-refractivity contribution is 6.62. The Morgan fingerprint density at radius 3 is 2.79 bits per heavy atom. The Labute approximate surface area is 170 Å². The number of likely N-dealkylation sites (tertiary alicyclic amines) is 1. The average Bonchev–Trinajstić information content (AvgIpc) is 3.25. The number of hydrogen-bond acceptors (Lipinski definition) is 6. The normalized spacial score (nSPS) is 16.9. The van der Waals surface area contributed by atoms with Crippen LogP contribution in [-0.4, -0.2) is 60.6 Å². The number of nitrogens with zero attached hydrogens (tertiary/aromatic N) is 1. The summed E-state index contributed by atoms with van der Waals surface area (Å²) in [6, 6.07) is 2.61. The number of nitrogens with one attached hydrogen (secondary N) is 1. The zero-order chi connectivity index (χ0) is 21.1. The molecular weight excluding hydrogens is 375 g/mol. The third-order valence-electron chi connectivity index (χ3n) is 5.48. The zero-order valence-electron chi connectivity index (χ0n) is 17.1. The predicted molar refractivity (Wildman–Crippen MR) is 106 cm³/mol. The van der Waals surface area contributed by atoms with Crippen LogP contribution >= 0.6 is 0 Å². The smallest absolute Gasteiger partial charge is 0.462 e. The second kappa shape index (κ2) is 8.96. The van der Waals surface area contributed by atoms with Crippen LogP contribution in [0.1, 0.15) is 48.2 Å². The summed E-state index contributed by atoms with van der Waals surface area (Å²) in [6.07, 6.45) is 1.37. The molecule has 2 aliphatic rings. The van der Waals surface area contributed by atoms with Gasteiger partial charge in [0, 0.05) is 18.5 Å². The van der Waals surface area contributed by atoms with E-state index < -0.39 is 25.0 Å². The highest BCUT2D eigenvalue weighted by atomic mass is 16.5. The van der Waals surface area contributed by atoms with E-state index in [1.165, 1.54) is 0 Å². The minimum atomic E-state index is -1.04. The Morgan fingerprint density at radius 2 is 2.14 bits per heavy atom. The summed E-state index contributed by atoms with van der Waals surface area (Å²) < 4.78 is 10.5. The lowest BCUT2D eigenvalue weighted by Gasteiger charge is -2.22. The summed E-state index contributed by atoms with van der Waals surface area (Å²) in [5.74, 6) is -1.03. The molecule has 0 aromatic heterocycles. The van der Waals surface area contributed by atoms with Gasteiger partial charge in [-0.15, -0.1) is 0 Å². The minimum Gasteiger partial charge on any atom is -0.462 e. The van der Waals surface area contributed by atoms with Crippen molar-refractivity contribution in [2.24, 2.45) is 5.92 Å². The quantitative estimate of drug-likeness (QED) is 0.497. The van der Waals surface area contributed by atoms with E-state index in [2.05, 4.69) is 5.32 Å². The van der Waals surface area contributed by atoms with Crippen molar-refractivity contribution in [3.63, 3.8) is 0 Å². The van der Waals surface area contributed by atoms with Crippen LogP contribution in [-0.2, 0) is 25.6 Å². The Kier molecular flexibility index (Phi) is 6.59. The van der Waals surface area contributed by atoms with Crippen LogP contribution in [0, 0.1) is 12.8 Å². The van der Waals surface area contributed by atoms with Crippen LogP contribution in [0.4, 0.5) is 0 Å². The van der Waals surface area contributed by atoms with E-state index in [-0.39, 0.29) is 18.4 Å². The van der Waals surface area contributed by atoms with Gasteiger partial charge in [0.15, 0.2) is 0 Å². The number of fused-ring (bicyclic) bond motifs is 1. The van der Waals surface area contributed by atoms with Crippen molar-refractivity contribution in [2.45, 2.75) is 46.3 Å². The third-order valence-corrected chi connectivity index (χ3v) is 5.48. The van der Waals surface area contributed by atoms with Crippen LogP contribution in [0.5, 0.6) is 0 Å². The van der Waals surface area contributed by atoms with Crippen molar-refractivity contribution in [1.29, 1.82) is 0 Å². The largest absolute Gasteiger partial charge is 0.492 e. The molecule has 9 heteroatoms. The predicted octanol–water partition coefficient (Wildman–Crippen LogP) is 0.133. The molecule has 0 bridgehead atoms. The molecule has 2 heterocycles. The van der Waals surface area contributed by atoms with Gasteiger partial charge >= 0.3 is 13.1 Å². The van der Waals surface area contributed by atoms with Crippen LogP contribution in [0.15, 0.2) is 12.1 Å². The van der Waals surface area contributed by atoms with E-state index in [0.717, 1.165) is 12.0 Å². The van der Waals surface area contributed by atoms with Crippen LogP contribution in [0.2, 0.25) is 0 Å². The molecule has 1 saturated heterocycles. The molecule has 0 saturated carbocycles. The van der Waals surface area contributed by atoms with Crippen molar-refractivity contribution in [2.75, 3.05) is 19.7 Å². The van der Waals surface area contributed by atoms with E-state index >= 15 is 0 Å². The Morgan fingerprint density at radius 1 is 1.38 bits per heavy atom. The second-order valence-corrected chi connectivity index (χ2v) is 7.82. The molecule has 2 amide bonds. The molecule has 1 aromatic rings. The molecule has 1 atom stereocenters. The summed E-state index contributed by atoms with van der Waals surface area (Å²) in [6.45, 7) is 6.86. The number of amides is 2. The molecular formula is C20H27BN2O6. The van der Waals surface area contributed by atoms with Crippen molar-refractivity contribution in [3.8, 4) is 0 Å². The molecule has 0 radical (unpaired) electrons. The number of rotatable bonds is 7. The molecule has 1 fully saturated rings. The summed E-state index contributed by atoms with van der Waals surface area (Å²) in [5.41, 5.74) is 2.47. The summed E-state index contributed by atoms with van der Waals surface area (Å²) in [7, 11) is -1.04. The van der Waals surface area contributed by atoms with Crippen LogP contribution in [0.3, 0.4) is 0 Å². The van der Waals surface area contributed by atoms with Gasteiger partial charge in [0.2, 0.25) is 5.91 Å². The number of esters is 1. The first kappa shape index (κ1) is 21.3. The van der Waals surface area contributed by atoms with Gasteiger partial charge in [-0.3, -0.25) is 9.59 Å². The molecule has 29 heavy (non-hydrogen) atoms. The maximum absolute atomic E-state index is 12.8. The lowest BCUT2D eigenvalue weighted by atomic mass is 9.75. The van der Waals surface area contributed by atoms with Gasteiger partial charge in [-0.25, -0.2) is 4.79 Å². The maximum atomic E-state index is 12.8. The lowest BCUT2D eigenvalue weighted by Crippen LogP contribution is -2.46. The first-order valence-electron chi connectivity index (χ1n) is 9.97. The number of hydrogen-bond donors (Lipinski definition) is 2. The van der Waals surface area contributed by atoms with Gasteiger partial charge < -0.3 is 24.6 Å². The fourth-order valence-electron chi connectivity index (χ4n) is 3.76. The van der Waals surface area contributed by atoms with Crippen molar-refractivity contribution in [1.82, 2.24) is 10.2 Å². The van der Waals surface area contributed by atoms with Crippen molar-refractivity contribution in [3.05, 3.63) is 28.8 Å². The number of ether oxygens (including phenoxy) is 1. The first-order valence-corrected chi connectivity index (χ1v) is 9.97. The monoisotopic (exact) mass is 402 g/mol. The van der Waals surface area contributed by atoms with Gasteiger partial charge in [0.25, 0.3) is 5.91 Å². The zero-order valence-corrected chi connectivity index (χ0v) is 17.1. The molecule has 1 aromatic carbocycles. The molecule has 8 nitrogen and oxygen atoms in total. The molecule has 3 rings (SSSR count). The second-order valence-electron chi connectivity index (χ2n) is 7.82. The fraction of sp³-hybridized carbons (Fsp3) is 0.550. The summed E-state index contributed by atoms with van der Waals surface area (Å²) in [4.78, 5) is 38.7. The van der Waals surface area contributed by atoms with E-state index in [0.29, 0.717) is 42.7 Å².